The average Bonchev–Trinajstić information content (AvgIpc) is 2.81. The summed E-state index contributed by atoms with van der Waals surface area (Å²) in [6.45, 7) is 5.51. The van der Waals surface area contributed by atoms with Crippen molar-refractivity contribution in [2.24, 2.45) is 0 Å². The number of unbranched alkanes of at least 4 members (excludes halogenated alkanes) is 2. The van der Waals surface area contributed by atoms with Crippen LogP contribution in [-0.4, -0.2) is 11.5 Å². The Balaban J connectivity index is 2.02. The average molecular weight is 266 g/mol. The van der Waals surface area contributed by atoms with Crippen molar-refractivity contribution >= 4 is 11.3 Å². The molecule has 1 aliphatic rings. The van der Waals surface area contributed by atoms with Gasteiger partial charge in [0, 0.05) is 4.88 Å². The van der Waals surface area contributed by atoms with Gasteiger partial charge in [0.05, 0.1) is 11.7 Å². The van der Waals surface area contributed by atoms with Gasteiger partial charge in [0.2, 0.25) is 0 Å². The number of aromatic nitrogens is 1. The molecule has 0 bridgehead atoms. The molecule has 0 aliphatic heterocycles. The minimum absolute atomic E-state index is 0.497. The van der Waals surface area contributed by atoms with Gasteiger partial charge in [0.15, 0.2) is 0 Å². The fourth-order valence-electron chi connectivity index (χ4n) is 2.68. The van der Waals surface area contributed by atoms with E-state index in [2.05, 4.69) is 19.2 Å². The molecule has 0 fully saturated rings. The summed E-state index contributed by atoms with van der Waals surface area (Å²) < 4.78 is 0. The summed E-state index contributed by atoms with van der Waals surface area (Å²) >= 11 is 1.97. The Morgan fingerprint density at radius 1 is 1.22 bits per heavy atom. The highest BCUT2D eigenvalue weighted by Gasteiger charge is 2.20. The first-order valence-corrected chi connectivity index (χ1v) is 8.38. The maximum Gasteiger partial charge on any atom is 0.110 e. The predicted octanol–water partition coefficient (Wildman–Crippen LogP) is 4.25. The van der Waals surface area contributed by atoms with Crippen LogP contribution in [0.1, 0.15) is 74.0 Å². The summed E-state index contributed by atoms with van der Waals surface area (Å²) in [4.78, 5) is 6.47. The zero-order chi connectivity index (χ0) is 12.8. The highest BCUT2D eigenvalue weighted by molar-refractivity contribution is 7.11. The van der Waals surface area contributed by atoms with E-state index >= 15 is 0 Å². The van der Waals surface area contributed by atoms with Gasteiger partial charge in [0.25, 0.3) is 0 Å². The van der Waals surface area contributed by atoms with Crippen LogP contribution >= 0.6 is 11.3 Å². The van der Waals surface area contributed by atoms with E-state index in [1.807, 2.05) is 11.3 Å². The van der Waals surface area contributed by atoms with Gasteiger partial charge in [-0.15, -0.1) is 11.3 Å². The lowest BCUT2D eigenvalue weighted by atomic mass is 10.0. The van der Waals surface area contributed by atoms with Crippen molar-refractivity contribution < 1.29 is 0 Å². The van der Waals surface area contributed by atoms with Crippen molar-refractivity contribution in [1.29, 1.82) is 0 Å². The lowest BCUT2D eigenvalue weighted by Crippen LogP contribution is -2.20. The highest BCUT2D eigenvalue weighted by Crippen LogP contribution is 2.31. The molecule has 0 amide bonds. The first-order valence-electron chi connectivity index (χ1n) is 7.57. The number of thiazole rings is 1. The smallest absolute Gasteiger partial charge is 0.110 e. The minimum Gasteiger partial charge on any atom is -0.308 e. The molecule has 0 saturated heterocycles. The Morgan fingerprint density at radius 3 is 2.78 bits per heavy atom. The summed E-state index contributed by atoms with van der Waals surface area (Å²) in [5, 5.41) is 4.96. The third kappa shape index (κ3) is 3.55. The van der Waals surface area contributed by atoms with Crippen molar-refractivity contribution in [2.75, 3.05) is 6.54 Å². The van der Waals surface area contributed by atoms with Crippen LogP contribution in [0.4, 0.5) is 0 Å². The van der Waals surface area contributed by atoms with Crippen LogP contribution in [-0.2, 0) is 12.8 Å². The molecule has 1 aromatic rings. The van der Waals surface area contributed by atoms with Crippen molar-refractivity contribution in [2.45, 2.75) is 71.3 Å². The van der Waals surface area contributed by atoms with E-state index < -0.39 is 0 Å². The van der Waals surface area contributed by atoms with Gasteiger partial charge >= 0.3 is 0 Å². The zero-order valence-corrected chi connectivity index (χ0v) is 12.6. The molecule has 18 heavy (non-hydrogen) atoms. The number of aryl methyl sites for hydroxylation is 2. The van der Waals surface area contributed by atoms with E-state index in [4.69, 9.17) is 4.98 Å². The van der Waals surface area contributed by atoms with E-state index in [-0.39, 0.29) is 0 Å². The van der Waals surface area contributed by atoms with Gasteiger partial charge in [-0.25, -0.2) is 4.98 Å². The Morgan fingerprint density at radius 2 is 2.06 bits per heavy atom. The van der Waals surface area contributed by atoms with Gasteiger partial charge in [-0.1, -0.05) is 33.1 Å². The van der Waals surface area contributed by atoms with E-state index in [9.17, 15) is 0 Å². The Labute approximate surface area is 115 Å². The van der Waals surface area contributed by atoms with Crippen LogP contribution in [0.15, 0.2) is 0 Å². The van der Waals surface area contributed by atoms with Crippen molar-refractivity contribution in [3.05, 3.63) is 15.6 Å². The molecule has 1 unspecified atom stereocenters. The fraction of sp³-hybridized carbons (Fsp3) is 0.800. The van der Waals surface area contributed by atoms with Crippen molar-refractivity contribution in [3.63, 3.8) is 0 Å². The molecule has 0 spiro atoms. The number of rotatable bonds is 7. The standard InChI is InChI=1S/C15H26N2S/c1-3-5-6-10-13(16-4-2)15-17-12-9-7-8-11-14(12)18-15/h13,16H,3-11H2,1-2H3. The minimum atomic E-state index is 0.497. The van der Waals surface area contributed by atoms with Crippen molar-refractivity contribution in [1.82, 2.24) is 10.3 Å². The molecule has 102 valence electrons. The molecule has 1 N–H and O–H groups in total. The van der Waals surface area contributed by atoms with Crippen LogP contribution in [0.3, 0.4) is 0 Å². The van der Waals surface area contributed by atoms with E-state index in [1.165, 1.54) is 62.1 Å². The number of nitrogens with one attached hydrogen (secondary N) is 1. The van der Waals surface area contributed by atoms with Crippen molar-refractivity contribution in [3.8, 4) is 0 Å². The molecule has 1 aliphatic carbocycles. The van der Waals surface area contributed by atoms with Gasteiger partial charge < -0.3 is 5.32 Å². The largest absolute Gasteiger partial charge is 0.308 e. The number of hydrogen-bond acceptors (Lipinski definition) is 3. The summed E-state index contributed by atoms with van der Waals surface area (Å²) in [6, 6.07) is 0.497. The van der Waals surface area contributed by atoms with Crippen LogP contribution in [0.5, 0.6) is 0 Å². The Hall–Kier alpha value is -0.410. The third-order valence-corrected chi connectivity index (χ3v) is 4.98. The van der Waals surface area contributed by atoms with Gasteiger partial charge in [-0.3, -0.25) is 0 Å². The number of hydrogen-bond donors (Lipinski definition) is 1. The lowest BCUT2D eigenvalue weighted by molar-refractivity contribution is 0.483. The van der Waals surface area contributed by atoms with Gasteiger partial charge in [0.1, 0.15) is 5.01 Å². The topological polar surface area (TPSA) is 24.9 Å². The third-order valence-electron chi connectivity index (χ3n) is 3.71. The first-order chi connectivity index (χ1) is 8.85. The summed E-state index contributed by atoms with van der Waals surface area (Å²) in [5.41, 5.74) is 1.40. The van der Waals surface area contributed by atoms with Crippen LogP contribution < -0.4 is 5.32 Å². The molecule has 1 heterocycles. The Bertz CT molecular complexity index is 336. The second-order valence-electron chi connectivity index (χ2n) is 5.24. The highest BCUT2D eigenvalue weighted by atomic mass is 32.1. The molecule has 1 aromatic heterocycles. The van der Waals surface area contributed by atoms with Crippen LogP contribution in [0.25, 0.3) is 0 Å². The zero-order valence-electron chi connectivity index (χ0n) is 11.8. The van der Waals surface area contributed by atoms with Crippen LogP contribution in [0, 0.1) is 0 Å². The monoisotopic (exact) mass is 266 g/mol. The summed E-state index contributed by atoms with van der Waals surface area (Å²) in [7, 11) is 0. The molecular weight excluding hydrogens is 240 g/mol. The van der Waals surface area contributed by atoms with E-state index in [1.54, 1.807) is 4.88 Å². The van der Waals surface area contributed by atoms with Gasteiger partial charge in [-0.2, -0.15) is 0 Å². The normalized spacial score (nSPS) is 16.6. The molecule has 1 atom stereocenters. The first kappa shape index (κ1) is 14.0. The molecular formula is C15H26N2S. The molecule has 0 radical (unpaired) electrons. The quantitative estimate of drug-likeness (QED) is 0.746. The molecule has 0 aromatic carbocycles. The number of fused-ring (bicyclic) bond motifs is 1. The number of nitrogens with zero attached hydrogens (tertiary/aromatic N) is 1. The van der Waals surface area contributed by atoms with Gasteiger partial charge in [-0.05, 0) is 38.6 Å². The second-order valence-corrected chi connectivity index (χ2v) is 6.35. The van der Waals surface area contributed by atoms with Crippen LogP contribution in [0.2, 0.25) is 0 Å². The molecule has 0 saturated carbocycles. The summed E-state index contributed by atoms with van der Waals surface area (Å²) in [6.07, 6.45) is 10.4. The Kier molecular flexibility index (Phi) is 5.64. The van der Waals surface area contributed by atoms with E-state index in [0.717, 1.165) is 6.54 Å². The predicted molar refractivity (Wildman–Crippen MR) is 79.3 cm³/mol. The molecule has 3 heteroatoms. The molecule has 2 nitrogen and oxygen atoms in total. The lowest BCUT2D eigenvalue weighted by Gasteiger charge is -2.14. The van der Waals surface area contributed by atoms with E-state index in [0.29, 0.717) is 6.04 Å². The fourth-order valence-corrected chi connectivity index (χ4v) is 3.94. The summed E-state index contributed by atoms with van der Waals surface area (Å²) in [5.74, 6) is 0. The maximum atomic E-state index is 4.90. The maximum absolute atomic E-state index is 4.90. The SMILES string of the molecule is CCCCCC(NCC)c1nc2c(s1)CCCC2. The molecule has 2 rings (SSSR count). The second kappa shape index (κ2) is 7.25.